The molecule has 0 unspecified atom stereocenters. The van der Waals surface area contributed by atoms with Gasteiger partial charge in [-0.3, -0.25) is 13.9 Å². The zero-order valence-corrected chi connectivity index (χ0v) is 14.2. The number of hydrogen-bond acceptors (Lipinski definition) is 6. The molecule has 0 saturated carbocycles. The Morgan fingerprint density at radius 3 is 2.92 bits per heavy atom. The fourth-order valence-electron chi connectivity index (χ4n) is 2.78. The molecular formula is C15H22N6O3. The topological polar surface area (TPSA) is 97.8 Å². The summed E-state index contributed by atoms with van der Waals surface area (Å²) in [6.45, 7) is 1.96. The molecule has 9 heteroatoms. The van der Waals surface area contributed by atoms with Gasteiger partial charge in [0, 0.05) is 27.6 Å². The summed E-state index contributed by atoms with van der Waals surface area (Å²) in [7, 11) is 5.28. The van der Waals surface area contributed by atoms with E-state index in [1.54, 1.807) is 22.9 Å². The normalized spacial score (nSPS) is 24.3. The third-order valence-electron chi connectivity index (χ3n) is 4.10. The van der Waals surface area contributed by atoms with E-state index in [-0.39, 0.29) is 29.4 Å². The molecule has 130 valence electrons. The summed E-state index contributed by atoms with van der Waals surface area (Å²) in [5, 5.41) is 10.1. The number of rotatable bonds is 4. The van der Waals surface area contributed by atoms with Gasteiger partial charge in [-0.1, -0.05) is 6.92 Å². The summed E-state index contributed by atoms with van der Waals surface area (Å²) in [6.07, 6.45) is 3.14. The highest BCUT2D eigenvalue weighted by Gasteiger charge is 2.34. The first kappa shape index (κ1) is 16.6. The second kappa shape index (κ2) is 6.33. The number of ether oxygens (including phenoxy) is 1. The fraction of sp³-hybridized carbons (Fsp3) is 0.600. The number of aromatic nitrogens is 4. The molecule has 1 saturated heterocycles. The van der Waals surface area contributed by atoms with Crippen LogP contribution in [0.4, 0.5) is 5.95 Å². The van der Waals surface area contributed by atoms with Crippen molar-refractivity contribution >= 4 is 23.5 Å². The Hall–Kier alpha value is -2.26. The molecule has 2 aromatic rings. The first-order valence-electron chi connectivity index (χ1n) is 7.90. The van der Waals surface area contributed by atoms with Gasteiger partial charge < -0.3 is 14.7 Å². The van der Waals surface area contributed by atoms with E-state index in [2.05, 4.69) is 15.0 Å². The van der Waals surface area contributed by atoms with Gasteiger partial charge in [0.2, 0.25) is 5.95 Å². The molecule has 9 nitrogen and oxygen atoms in total. The van der Waals surface area contributed by atoms with Gasteiger partial charge >= 0.3 is 0 Å². The van der Waals surface area contributed by atoms with Crippen molar-refractivity contribution < 1.29 is 9.84 Å². The summed E-state index contributed by atoms with van der Waals surface area (Å²) in [5.41, 5.74) is 0.410. The minimum absolute atomic E-state index is 0.217. The van der Waals surface area contributed by atoms with Gasteiger partial charge in [0.25, 0.3) is 5.56 Å². The van der Waals surface area contributed by atoms with Crippen molar-refractivity contribution in [1.29, 1.82) is 0 Å². The van der Waals surface area contributed by atoms with Gasteiger partial charge in [-0.15, -0.1) is 0 Å². The lowest BCUT2D eigenvalue weighted by molar-refractivity contribution is -0.0183. The smallest absolute Gasteiger partial charge is 0.282 e. The Labute approximate surface area is 139 Å². The summed E-state index contributed by atoms with van der Waals surface area (Å²) in [5.74, 6) is 0.286. The molecular weight excluding hydrogens is 312 g/mol. The van der Waals surface area contributed by atoms with Crippen molar-refractivity contribution in [3.8, 4) is 0 Å². The maximum atomic E-state index is 12.5. The third-order valence-corrected chi connectivity index (χ3v) is 4.10. The van der Waals surface area contributed by atoms with Crippen molar-refractivity contribution in [3.63, 3.8) is 0 Å². The lowest BCUT2D eigenvalue weighted by Gasteiger charge is -2.14. The maximum Gasteiger partial charge on any atom is 0.282 e. The van der Waals surface area contributed by atoms with Crippen LogP contribution in [0.1, 0.15) is 26.0 Å². The minimum Gasteiger partial charge on any atom is -0.390 e. The quantitative estimate of drug-likeness (QED) is 0.642. The monoisotopic (exact) mass is 334 g/mol. The molecule has 3 atom stereocenters. The van der Waals surface area contributed by atoms with Crippen molar-refractivity contribution in [2.24, 2.45) is 12.0 Å². The Bertz CT molecular complexity index is 824. The van der Waals surface area contributed by atoms with Crippen LogP contribution in [-0.4, -0.2) is 61.8 Å². The zero-order valence-electron chi connectivity index (χ0n) is 14.2. The zero-order chi connectivity index (χ0) is 17.4. The molecule has 0 amide bonds. The van der Waals surface area contributed by atoms with Gasteiger partial charge in [-0.05, 0) is 6.42 Å². The van der Waals surface area contributed by atoms with Gasteiger partial charge in [0.1, 0.15) is 6.23 Å². The molecule has 0 radical (unpaired) electrons. The molecule has 2 aromatic heterocycles. The lowest BCUT2D eigenvalue weighted by atomic mass is 10.1. The molecule has 1 aliphatic rings. The Morgan fingerprint density at radius 1 is 1.54 bits per heavy atom. The summed E-state index contributed by atoms with van der Waals surface area (Å²) in [6, 6.07) is 0. The second-order valence-corrected chi connectivity index (χ2v) is 6.15. The van der Waals surface area contributed by atoms with E-state index in [0.717, 1.165) is 6.42 Å². The Balaban J connectivity index is 2.07. The predicted octanol–water partition coefficient (Wildman–Crippen LogP) is 0.410. The lowest BCUT2D eigenvalue weighted by Crippen LogP contribution is -2.20. The number of aliphatic hydroxyl groups is 1. The number of aliphatic imine (C=N–C) groups is 1. The SMILES string of the molecule is CC[C@H]1O[C@@H](n2cnc3c(=O)n(C)c(N=CN(C)C)nc32)C[C@H]1O. The number of aliphatic hydroxyl groups excluding tert-OH is 1. The van der Waals surface area contributed by atoms with Crippen molar-refractivity contribution in [1.82, 2.24) is 24.0 Å². The van der Waals surface area contributed by atoms with Crippen molar-refractivity contribution in [2.45, 2.75) is 38.2 Å². The van der Waals surface area contributed by atoms with Gasteiger partial charge in [0.15, 0.2) is 11.2 Å². The second-order valence-electron chi connectivity index (χ2n) is 6.15. The van der Waals surface area contributed by atoms with Crippen LogP contribution in [0.3, 0.4) is 0 Å². The highest BCUT2D eigenvalue weighted by molar-refractivity contribution is 5.71. The van der Waals surface area contributed by atoms with Gasteiger partial charge in [-0.2, -0.15) is 4.98 Å². The van der Waals surface area contributed by atoms with E-state index in [1.807, 2.05) is 21.0 Å². The van der Waals surface area contributed by atoms with E-state index in [4.69, 9.17) is 4.74 Å². The molecule has 1 fully saturated rings. The molecule has 1 N–H and O–H groups in total. The third kappa shape index (κ3) is 2.80. The first-order chi connectivity index (χ1) is 11.4. The van der Waals surface area contributed by atoms with Crippen LogP contribution < -0.4 is 5.56 Å². The van der Waals surface area contributed by atoms with Crippen LogP contribution >= 0.6 is 0 Å². The fourth-order valence-corrected chi connectivity index (χ4v) is 2.78. The van der Waals surface area contributed by atoms with Crippen LogP contribution in [-0.2, 0) is 11.8 Å². The molecule has 3 rings (SSSR count). The first-order valence-corrected chi connectivity index (χ1v) is 7.90. The Kier molecular flexibility index (Phi) is 4.37. The van der Waals surface area contributed by atoms with Crippen LogP contribution in [0.2, 0.25) is 0 Å². The number of hydrogen-bond donors (Lipinski definition) is 1. The van der Waals surface area contributed by atoms with Crippen LogP contribution in [0.5, 0.6) is 0 Å². The summed E-state index contributed by atoms with van der Waals surface area (Å²) < 4.78 is 8.92. The van der Waals surface area contributed by atoms with Gasteiger partial charge in [0.05, 0.1) is 24.9 Å². The minimum atomic E-state index is -0.532. The van der Waals surface area contributed by atoms with E-state index >= 15 is 0 Å². The van der Waals surface area contributed by atoms with E-state index in [9.17, 15) is 9.90 Å². The van der Waals surface area contributed by atoms with E-state index < -0.39 is 6.10 Å². The van der Waals surface area contributed by atoms with Crippen LogP contribution in [0, 0.1) is 0 Å². The molecule has 3 heterocycles. The molecule has 0 aliphatic carbocycles. The van der Waals surface area contributed by atoms with Crippen molar-refractivity contribution in [3.05, 3.63) is 16.7 Å². The molecule has 24 heavy (non-hydrogen) atoms. The standard InChI is InChI=1S/C15H22N6O3/c1-5-10-9(22)6-11(24-10)21-8-16-12-13(21)18-15(17-7-19(2)3)20(4)14(12)23/h7-11,22H,5-6H2,1-4H3/t9-,10-,11-/m1/s1. The highest BCUT2D eigenvalue weighted by Crippen LogP contribution is 2.31. The molecule has 0 spiro atoms. The van der Waals surface area contributed by atoms with Gasteiger partial charge in [-0.25, -0.2) is 9.98 Å². The van der Waals surface area contributed by atoms with Crippen LogP contribution in [0.25, 0.3) is 11.2 Å². The predicted molar refractivity (Wildman–Crippen MR) is 89.4 cm³/mol. The van der Waals surface area contributed by atoms with E-state index in [0.29, 0.717) is 12.1 Å². The molecule has 0 bridgehead atoms. The number of imidazole rings is 1. The average Bonchev–Trinajstić information content (AvgIpc) is 3.12. The van der Waals surface area contributed by atoms with Crippen molar-refractivity contribution in [2.75, 3.05) is 14.1 Å². The summed E-state index contributed by atoms with van der Waals surface area (Å²) >= 11 is 0. The maximum absolute atomic E-state index is 12.5. The molecule has 1 aliphatic heterocycles. The number of fused-ring (bicyclic) bond motifs is 1. The molecule has 0 aromatic carbocycles. The van der Waals surface area contributed by atoms with Crippen LogP contribution in [0.15, 0.2) is 16.1 Å². The number of nitrogens with zero attached hydrogens (tertiary/aromatic N) is 6. The average molecular weight is 334 g/mol. The van der Waals surface area contributed by atoms with E-state index in [1.165, 1.54) is 10.9 Å². The largest absolute Gasteiger partial charge is 0.390 e. The highest BCUT2D eigenvalue weighted by atomic mass is 16.5. The summed E-state index contributed by atoms with van der Waals surface area (Å²) in [4.78, 5) is 27.1. The Morgan fingerprint density at radius 2 is 2.29 bits per heavy atom.